The number of anilines is 1. The lowest BCUT2D eigenvalue weighted by Crippen LogP contribution is -2.41. The van der Waals surface area contributed by atoms with Gasteiger partial charge in [-0.15, -0.1) is 0 Å². The van der Waals surface area contributed by atoms with Crippen molar-refractivity contribution < 1.29 is 17.9 Å². The van der Waals surface area contributed by atoms with E-state index in [0.29, 0.717) is 11.4 Å². The van der Waals surface area contributed by atoms with Gasteiger partial charge >= 0.3 is 0 Å². The molecule has 3 aromatic carbocycles. The maximum Gasteiger partial charge on any atom is 0.264 e. The number of benzene rings is 3. The third-order valence-electron chi connectivity index (χ3n) is 5.75. The fourth-order valence-electron chi connectivity index (χ4n) is 3.83. The highest BCUT2D eigenvalue weighted by atomic mass is 32.2. The van der Waals surface area contributed by atoms with Gasteiger partial charge in [-0.25, -0.2) is 13.4 Å². The van der Waals surface area contributed by atoms with Gasteiger partial charge in [-0.3, -0.25) is 9.10 Å². The van der Waals surface area contributed by atoms with Crippen LogP contribution in [0.1, 0.15) is 16.7 Å². The molecule has 1 heterocycles. The van der Waals surface area contributed by atoms with Gasteiger partial charge in [0.05, 0.1) is 29.7 Å². The summed E-state index contributed by atoms with van der Waals surface area (Å²) in [6, 6.07) is 19.4. The summed E-state index contributed by atoms with van der Waals surface area (Å²) >= 11 is 0. The van der Waals surface area contributed by atoms with Crippen LogP contribution in [0.2, 0.25) is 0 Å². The van der Waals surface area contributed by atoms with Crippen LogP contribution in [0.5, 0.6) is 5.75 Å². The molecule has 0 saturated carbocycles. The third kappa shape index (κ3) is 5.41. The Balaban J connectivity index is 1.64. The zero-order chi connectivity index (χ0) is 25.7. The number of amides is 1. The van der Waals surface area contributed by atoms with Gasteiger partial charge in [0.15, 0.2) is 0 Å². The molecule has 36 heavy (non-hydrogen) atoms. The second kappa shape index (κ2) is 10.7. The zero-order valence-corrected chi connectivity index (χ0v) is 21.2. The van der Waals surface area contributed by atoms with Crippen molar-refractivity contribution in [2.75, 3.05) is 18.0 Å². The van der Waals surface area contributed by atoms with Crippen LogP contribution >= 0.6 is 0 Å². The van der Waals surface area contributed by atoms with E-state index in [1.807, 2.05) is 54.9 Å². The fraction of sp³-hybridized carbons (Fsp3) is 0.185. The second-order valence-electron chi connectivity index (χ2n) is 8.38. The molecule has 4 aromatic rings. The summed E-state index contributed by atoms with van der Waals surface area (Å²) in [5, 5.41) is 2.87. The lowest BCUT2D eigenvalue weighted by Gasteiger charge is -2.26. The van der Waals surface area contributed by atoms with Gasteiger partial charge in [0.2, 0.25) is 5.91 Å². The molecule has 0 aliphatic carbocycles. The molecule has 0 aliphatic rings. The Morgan fingerprint density at radius 3 is 2.44 bits per heavy atom. The molecule has 0 radical (unpaired) electrons. The van der Waals surface area contributed by atoms with Crippen LogP contribution in [0.25, 0.3) is 5.69 Å². The number of rotatable bonds is 9. The molecule has 8 nitrogen and oxygen atoms in total. The van der Waals surface area contributed by atoms with Gasteiger partial charge in [-0.05, 0) is 55.3 Å². The first-order valence-electron chi connectivity index (χ1n) is 11.4. The summed E-state index contributed by atoms with van der Waals surface area (Å²) in [5.74, 6) is -0.0933. The van der Waals surface area contributed by atoms with Crippen molar-refractivity contribution in [2.24, 2.45) is 0 Å². The Morgan fingerprint density at radius 1 is 1.03 bits per heavy atom. The number of aryl methyl sites for hydroxylation is 2. The van der Waals surface area contributed by atoms with Crippen LogP contribution in [-0.4, -0.2) is 37.5 Å². The van der Waals surface area contributed by atoms with E-state index in [4.69, 9.17) is 4.74 Å². The van der Waals surface area contributed by atoms with Crippen molar-refractivity contribution in [3.05, 3.63) is 102 Å². The highest BCUT2D eigenvalue weighted by Crippen LogP contribution is 2.33. The highest BCUT2D eigenvalue weighted by Gasteiger charge is 2.29. The molecule has 0 fully saturated rings. The number of nitrogens with one attached hydrogen (secondary N) is 1. The minimum atomic E-state index is -4.06. The fourth-order valence-corrected chi connectivity index (χ4v) is 5.25. The van der Waals surface area contributed by atoms with Gasteiger partial charge in [0.25, 0.3) is 10.0 Å². The summed E-state index contributed by atoms with van der Waals surface area (Å²) in [6.45, 7) is 3.54. The van der Waals surface area contributed by atoms with Crippen LogP contribution in [-0.2, 0) is 21.4 Å². The Morgan fingerprint density at radius 2 is 1.75 bits per heavy atom. The summed E-state index contributed by atoms with van der Waals surface area (Å²) in [6.07, 6.45) is 5.18. The molecule has 0 spiro atoms. The second-order valence-corrected chi connectivity index (χ2v) is 10.2. The Bertz CT molecular complexity index is 1450. The molecule has 1 N–H and O–H groups in total. The normalized spacial score (nSPS) is 11.2. The van der Waals surface area contributed by atoms with Gasteiger partial charge in [-0.2, -0.15) is 0 Å². The van der Waals surface area contributed by atoms with Crippen LogP contribution in [0.15, 0.2) is 90.3 Å². The largest absolute Gasteiger partial charge is 0.495 e. The average Bonchev–Trinajstić information content (AvgIpc) is 3.41. The smallest absolute Gasteiger partial charge is 0.264 e. The van der Waals surface area contributed by atoms with E-state index in [0.717, 1.165) is 26.7 Å². The standard InChI is InChI=1S/C27H28N4O4S/c1-20-8-11-23(12-9-20)36(33,34)31(25-16-21(2)10-13-26(25)35-3)18-27(32)29-17-22-6-4-5-7-24(22)30-15-14-28-19-30/h4-16,19H,17-18H2,1-3H3,(H,29,32). The highest BCUT2D eigenvalue weighted by molar-refractivity contribution is 7.92. The molecule has 4 rings (SSSR count). The van der Waals surface area contributed by atoms with Gasteiger partial charge < -0.3 is 14.6 Å². The Kier molecular flexibility index (Phi) is 7.40. The predicted molar refractivity (Wildman–Crippen MR) is 139 cm³/mol. The van der Waals surface area contributed by atoms with E-state index in [1.165, 1.54) is 7.11 Å². The monoisotopic (exact) mass is 504 g/mol. The Hall–Kier alpha value is -4.11. The number of hydrogen-bond donors (Lipinski definition) is 1. The lowest BCUT2D eigenvalue weighted by molar-refractivity contribution is -0.119. The Labute approximate surface area is 211 Å². The van der Waals surface area contributed by atoms with Gasteiger partial charge in [0, 0.05) is 18.9 Å². The average molecular weight is 505 g/mol. The number of aromatic nitrogens is 2. The number of carbonyl (C=O) groups is 1. The minimum Gasteiger partial charge on any atom is -0.495 e. The lowest BCUT2D eigenvalue weighted by atomic mass is 10.1. The molecule has 0 unspecified atom stereocenters. The SMILES string of the molecule is COc1ccc(C)cc1N(CC(=O)NCc1ccccc1-n1ccnc1)S(=O)(=O)c1ccc(C)cc1. The first-order valence-corrected chi connectivity index (χ1v) is 12.8. The zero-order valence-electron chi connectivity index (χ0n) is 20.4. The molecule has 9 heteroatoms. The van der Waals surface area contributed by atoms with E-state index >= 15 is 0 Å². The molecule has 0 bridgehead atoms. The van der Waals surface area contributed by atoms with Crippen molar-refractivity contribution in [1.82, 2.24) is 14.9 Å². The molecule has 1 aromatic heterocycles. The van der Waals surface area contributed by atoms with Crippen molar-refractivity contribution in [3.8, 4) is 11.4 Å². The molecule has 0 atom stereocenters. The maximum atomic E-state index is 13.7. The topological polar surface area (TPSA) is 93.5 Å². The van der Waals surface area contributed by atoms with E-state index in [1.54, 1.807) is 48.9 Å². The third-order valence-corrected chi connectivity index (χ3v) is 7.52. The summed E-state index contributed by atoms with van der Waals surface area (Å²) < 4.78 is 35.9. The number of hydrogen-bond acceptors (Lipinski definition) is 5. The van der Waals surface area contributed by atoms with Crippen molar-refractivity contribution in [2.45, 2.75) is 25.3 Å². The van der Waals surface area contributed by atoms with Crippen molar-refractivity contribution in [3.63, 3.8) is 0 Å². The molecule has 0 aliphatic heterocycles. The molecule has 0 saturated heterocycles. The van der Waals surface area contributed by atoms with E-state index in [9.17, 15) is 13.2 Å². The van der Waals surface area contributed by atoms with Crippen LogP contribution in [0, 0.1) is 13.8 Å². The van der Waals surface area contributed by atoms with Crippen molar-refractivity contribution >= 4 is 21.6 Å². The van der Waals surface area contributed by atoms with Gasteiger partial charge in [-0.1, -0.05) is 42.0 Å². The number of para-hydroxylation sites is 1. The number of methoxy groups -OCH3 is 1. The predicted octanol–water partition coefficient (Wildman–Crippen LogP) is 4.01. The molecular weight excluding hydrogens is 476 g/mol. The summed E-state index contributed by atoms with van der Waals surface area (Å²) in [4.78, 5) is 17.3. The number of nitrogens with zero attached hydrogens (tertiary/aromatic N) is 3. The maximum absolute atomic E-state index is 13.7. The number of carbonyl (C=O) groups excluding carboxylic acids is 1. The summed E-state index contributed by atoms with van der Waals surface area (Å²) in [5.41, 5.74) is 3.81. The quantitative estimate of drug-likeness (QED) is 0.372. The number of ether oxygens (including phenoxy) is 1. The minimum absolute atomic E-state index is 0.0925. The summed E-state index contributed by atoms with van der Waals surface area (Å²) in [7, 11) is -2.59. The van der Waals surface area contributed by atoms with E-state index in [2.05, 4.69) is 10.3 Å². The first-order chi connectivity index (χ1) is 17.3. The van der Waals surface area contributed by atoms with Crippen LogP contribution in [0.4, 0.5) is 5.69 Å². The van der Waals surface area contributed by atoms with Gasteiger partial charge in [0.1, 0.15) is 12.3 Å². The van der Waals surface area contributed by atoms with E-state index in [-0.39, 0.29) is 11.4 Å². The molecule has 1 amide bonds. The number of imidazole rings is 1. The molecular formula is C27H28N4O4S. The molecule has 186 valence electrons. The van der Waals surface area contributed by atoms with Crippen LogP contribution in [0.3, 0.4) is 0 Å². The van der Waals surface area contributed by atoms with Crippen molar-refractivity contribution in [1.29, 1.82) is 0 Å². The van der Waals surface area contributed by atoms with E-state index < -0.39 is 22.5 Å². The van der Waals surface area contributed by atoms with Crippen LogP contribution < -0.4 is 14.4 Å². The first kappa shape index (κ1) is 25.0. The number of sulfonamides is 1.